The number of para-hydroxylation sites is 2. The third kappa shape index (κ3) is 3.61. The Morgan fingerprint density at radius 2 is 1.90 bits per heavy atom. The lowest BCUT2D eigenvalue weighted by Crippen LogP contribution is -3.11. The molecule has 0 fully saturated rings. The van der Waals surface area contributed by atoms with E-state index in [1.807, 2.05) is 55.5 Å². The van der Waals surface area contributed by atoms with E-state index in [9.17, 15) is 9.90 Å². The van der Waals surface area contributed by atoms with Crippen molar-refractivity contribution >= 4 is 28.5 Å². The molecule has 5 nitrogen and oxygen atoms in total. The van der Waals surface area contributed by atoms with E-state index < -0.39 is 5.97 Å². The first kappa shape index (κ1) is 19.2. The fourth-order valence-electron chi connectivity index (χ4n) is 4.03. The number of hydrogen-bond donors (Lipinski definition) is 1. The zero-order chi connectivity index (χ0) is 20.4. The van der Waals surface area contributed by atoms with Gasteiger partial charge in [0.2, 0.25) is 0 Å². The van der Waals surface area contributed by atoms with Crippen LogP contribution in [0.2, 0.25) is 0 Å². The minimum absolute atomic E-state index is 0.264. The molecule has 29 heavy (non-hydrogen) atoms. The Labute approximate surface area is 170 Å². The number of nitrogens with one attached hydrogen (secondary N) is 1. The molecule has 0 aliphatic carbocycles. The van der Waals surface area contributed by atoms with Gasteiger partial charge in [0.1, 0.15) is 18.8 Å². The second-order valence-corrected chi connectivity index (χ2v) is 7.22. The summed E-state index contributed by atoms with van der Waals surface area (Å²) in [5.74, 6) is -0.333. The highest BCUT2D eigenvalue weighted by molar-refractivity contribution is 6.05. The second-order valence-electron chi connectivity index (χ2n) is 7.22. The van der Waals surface area contributed by atoms with E-state index >= 15 is 0 Å². The number of rotatable bonds is 5. The molecule has 1 N–H and O–H groups in total. The molecule has 0 saturated heterocycles. The average Bonchev–Trinajstić information content (AvgIpc) is 2.73. The molecule has 0 spiro atoms. The Morgan fingerprint density at radius 3 is 2.66 bits per heavy atom. The maximum atomic E-state index is 12.1. The average molecular weight is 388 g/mol. The zero-order valence-corrected chi connectivity index (χ0v) is 16.7. The van der Waals surface area contributed by atoms with Crippen molar-refractivity contribution in [2.24, 2.45) is 0 Å². The molecule has 1 atom stereocenters. The molecule has 0 bridgehead atoms. The zero-order valence-electron chi connectivity index (χ0n) is 16.7. The van der Waals surface area contributed by atoms with Gasteiger partial charge < -0.3 is 19.5 Å². The van der Waals surface area contributed by atoms with E-state index in [-0.39, 0.29) is 5.56 Å². The summed E-state index contributed by atoms with van der Waals surface area (Å²) in [6.45, 7) is 6.95. The van der Waals surface area contributed by atoms with Gasteiger partial charge in [-0.05, 0) is 32.1 Å². The minimum atomic E-state index is -1.15. The van der Waals surface area contributed by atoms with E-state index in [4.69, 9.17) is 9.72 Å². The summed E-state index contributed by atoms with van der Waals surface area (Å²) in [6, 6.07) is 15.3. The van der Waals surface area contributed by atoms with Crippen molar-refractivity contribution in [1.82, 2.24) is 4.98 Å². The van der Waals surface area contributed by atoms with Crippen molar-refractivity contribution in [2.45, 2.75) is 20.4 Å². The molecule has 4 rings (SSSR count). The summed E-state index contributed by atoms with van der Waals surface area (Å²) in [4.78, 5) is 18.3. The highest BCUT2D eigenvalue weighted by Gasteiger charge is 2.28. The van der Waals surface area contributed by atoms with Crippen molar-refractivity contribution in [3.63, 3.8) is 0 Å². The van der Waals surface area contributed by atoms with Gasteiger partial charge in [-0.15, -0.1) is 0 Å². The van der Waals surface area contributed by atoms with Gasteiger partial charge in [-0.3, -0.25) is 0 Å². The van der Waals surface area contributed by atoms with Crippen LogP contribution in [0.1, 0.15) is 41.0 Å². The number of aromatic carboxylic acids is 1. The number of ether oxygens (including phenoxy) is 1. The number of hydrogen-bond acceptors (Lipinski definition) is 4. The summed E-state index contributed by atoms with van der Waals surface area (Å²) >= 11 is 0. The lowest BCUT2D eigenvalue weighted by Gasteiger charge is -2.29. The number of nitrogens with zero attached hydrogens (tertiary/aromatic N) is 1. The van der Waals surface area contributed by atoms with Crippen LogP contribution in [0.25, 0.3) is 22.6 Å². The van der Waals surface area contributed by atoms with Crippen molar-refractivity contribution < 1.29 is 19.5 Å². The van der Waals surface area contributed by atoms with Crippen molar-refractivity contribution in [3.05, 3.63) is 70.9 Å². The number of likely N-dealkylation sites (N-methyl/N-ethyl adjacent to an activating group) is 1. The number of aromatic nitrogens is 1. The van der Waals surface area contributed by atoms with Crippen LogP contribution in [0.15, 0.2) is 48.5 Å². The maximum Gasteiger partial charge on any atom is 0.126 e. The Kier molecular flexibility index (Phi) is 5.32. The van der Waals surface area contributed by atoms with Crippen LogP contribution in [0.5, 0.6) is 5.75 Å². The third-order valence-electron chi connectivity index (χ3n) is 5.42. The summed E-state index contributed by atoms with van der Waals surface area (Å²) in [6.07, 6.45) is 2.08. The lowest BCUT2D eigenvalue weighted by atomic mass is 9.92. The Hall–Kier alpha value is -3.18. The SMILES string of the molecule is CCOc1ccccc1/C=C1\C[NH+](CC)Cc2c1nc1ccccc1c2C(=O)[O-]. The summed E-state index contributed by atoms with van der Waals surface area (Å²) in [5, 5.41) is 12.7. The van der Waals surface area contributed by atoms with Crippen molar-refractivity contribution in [1.29, 1.82) is 0 Å². The smallest absolute Gasteiger partial charge is 0.126 e. The quantitative estimate of drug-likeness (QED) is 0.726. The Morgan fingerprint density at radius 1 is 1.14 bits per heavy atom. The predicted octanol–water partition coefficient (Wildman–Crippen LogP) is 1.96. The second kappa shape index (κ2) is 8.05. The van der Waals surface area contributed by atoms with E-state index in [1.165, 1.54) is 4.90 Å². The number of carboxylic acid groups (broad SMARTS) is 1. The fraction of sp³-hybridized carbons (Fsp3) is 0.250. The molecule has 0 saturated carbocycles. The van der Waals surface area contributed by atoms with Crippen LogP contribution in [-0.4, -0.2) is 30.6 Å². The lowest BCUT2D eigenvalue weighted by molar-refractivity contribution is -0.905. The van der Waals surface area contributed by atoms with E-state index in [2.05, 4.69) is 13.0 Å². The molecular formula is C24H24N2O3. The summed E-state index contributed by atoms with van der Waals surface area (Å²) in [5.41, 5.74) is 4.44. The first-order valence-electron chi connectivity index (χ1n) is 10.0. The van der Waals surface area contributed by atoms with Crippen molar-refractivity contribution in [2.75, 3.05) is 19.7 Å². The highest BCUT2D eigenvalue weighted by Crippen LogP contribution is 2.31. The predicted molar refractivity (Wildman–Crippen MR) is 112 cm³/mol. The van der Waals surface area contributed by atoms with Crippen LogP contribution in [0.4, 0.5) is 0 Å². The van der Waals surface area contributed by atoms with Gasteiger partial charge in [0.25, 0.3) is 0 Å². The fourth-order valence-corrected chi connectivity index (χ4v) is 4.03. The van der Waals surface area contributed by atoms with Crippen LogP contribution >= 0.6 is 0 Å². The van der Waals surface area contributed by atoms with Gasteiger partial charge in [-0.25, -0.2) is 4.98 Å². The van der Waals surface area contributed by atoms with Crippen LogP contribution in [0, 0.1) is 0 Å². The first-order valence-corrected chi connectivity index (χ1v) is 10.0. The minimum Gasteiger partial charge on any atom is -0.545 e. The van der Waals surface area contributed by atoms with Crippen molar-refractivity contribution in [3.8, 4) is 5.75 Å². The largest absolute Gasteiger partial charge is 0.545 e. The summed E-state index contributed by atoms with van der Waals surface area (Å²) in [7, 11) is 0. The van der Waals surface area contributed by atoms with Gasteiger partial charge >= 0.3 is 0 Å². The van der Waals surface area contributed by atoms with Crippen LogP contribution < -0.4 is 14.7 Å². The molecule has 1 aliphatic heterocycles. The Balaban J connectivity index is 1.96. The molecule has 0 amide bonds. The number of fused-ring (bicyclic) bond motifs is 2. The standard InChI is InChI=1S/C24H24N2O3/c1-3-26-14-17(13-16-9-5-8-12-21(16)29-4-2)23-19(15-26)22(24(27)28)18-10-6-7-11-20(18)25-23/h5-13H,3-4,14-15H2,1-2H3,(H,27,28)/b17-13+. The first-order chi connectivity index (χ1) is 14.1. The highest BCUT2D eigenvalue weighted by atomic mass is 16.5. The number of pyridine rings is 1. The van der Waals surface area contributed by atoms with Gasteiger partial charge in [0.05, 0.1) is 30.3 Å². The van der Waals surface area contributed by atoms with Gasteiger partial charge in [-0.2, -0.15) is 0 Å². The van der Waals surface area contributed by atoms with Crippen LogP contribution in [-0.2, 0) is 6.54 Å². The van der Waals surface area contributed by atoms with Gasteiger partial charge in [0.15, 0.2) is 0 Å². The summed E-state index contributed by atoms with van der Waals surface area (Å²) < 4.78 is 5.78. The molecule has 5 heteroatoms. The molecule has 1 unspecified atom stereocenters. The number of benzene rings is 2. The van der Waals surface area contributed by atoms with Crippen LogP contribution in [0.3, 0.4) is 0 Å². The number of quaternary nitrogens is 1. The number of carboxylic acids is 1. The van der Waals surface area contributed by atoms with Gasteiger partial charge in [-0.1, -0.05) is 36.4 Å². The molecule has 1 aromatic heterocycles. The van der Waals surface area contributed by atoms with E-state index in [0.29, 0.717) is 24.1 Å². The maximum absolute atomic E-state index is 12.1. The molecule has 2 heterocycles. The van der Waals surface area contributed by atoms with E-state index in [1.54, 1.807) is 0 Å². The number of carbonyl (C=O) groups is 1. The third-order valence-corrected chi connectivity index (χ3v) is 5.42. The van der Waals surface area contributed by atoms with E-state index in [0.717, 1.165) is 41.2 Å². The normalized spacial score (nSPS) is 17.3. The molecule has 148 valence electrons. The number of carbonyl (C=O) groups excluding carboxylic acids is 1. The topological polar surface area (TPSA) is 66.7 Å². The molecule has 2 aromatic carbocycles. The van der Waals surface area contributed by atoms with Gasteiger partial charge in [0, 0.05) is 27.6 Å². The monoisotopic (exact) mass is 388 g/mol. The molecule has 3 aromatic rings. The molecular weight excluding hydrogens is 364 g/mol. The molecule has 0 radical (unpaired) electrons. The Bertz CT molecular complexity index is 1100. The molecule has 1 aliphatic rings.